The normalized spacial score (nSPS) is 19.4. The molecule has 5 rings (SSSR count). The van der Waals surface area contributed by atoms with Crippen molar-refractivity contribution in [3.8, 4) is 0 Å². The molecule has 2 aliphatic rings. The SMILES string of the molecule is C=C(c1cc(N)c(NN)cc1F)N1CC(C)C(N2Cc3cnc(Nc4cc(C)cc(C)c4)nc3C2)C1. The minimum absolute atomic E-state index is 0.289. The fourth-order valence-corrected chi connectivity index (χ4v) is 5.40. The Kier molecular flexibility index (Phi) is 6.27. The summed E-state index contributed by atoms with van der Waals surface area (Å²) in [4.78, 5) is 14.0. The molecule has 2 aromatic carbocycles. The number of fused-ring (bicyclic) bond motifs is 1. The Bertz CT molecular complexity index is 1300. The minimum atomic E-state index is -0.397. The summed E-state index contributed by atoms with van der Waals surface area (Å²) >= 11 is 0. The molecule has 9 heteroatoms. The van der Waals surface area contributed by atoms with E-state index in [-0.39, 0.29) is 6.04 Å². The van der Waals surface area contributed by atoms with Crippen LogP contribution >= 0.6 is 0 Å². The van der Waals surface area contributed by atoms with E-state index in [1.54, 1.807) is 6.07 Å². The van der Waals surface area contributed by atoms with E-state index < -0.39 is 5.82 Å². The van der Waals surface area contributed by atoms with Gasteiger partial charge < -0.3 is 21.4 Å². The molecule has 2 unspecified atom stereocenters. The number of benzene rings is 2. The number of aromatic nitrogens is 2. The van der Waals surface area contributed by atoms with Crippen molar-refractivity contribution < 1.29 is 4.39 Å². The Balaban J connectivity index is 1.28. The van der Waals surface area contributed by atoms with Gasteiger partial charge in [-0.1, -0.05) is 19.6 Å². The van der Waals surface area contributed by atoms with E-state index in [0.717, 1.165) is 43.1 Å². The third-order valence-corrected chi connectivity index (χ3v) is 7.19. The first kappa shape index (κ1) is 24.0. The molecular weight excluding hydrogens is 455 g/mol. The maximum absolute atomic E-state index is 14.8. The fraction of sp³-hybridized carbons (Fsp3) is 0.333. The number of anilines is 4. The third kappa shape index (κ3) is 4.59. The van der Waals surface area contributed by atoms with E-state index >= 15 is 0 Å². The predicted octanol–water partition coefficient (Wildman–Crippen LogP) is 4.15. The number of rotatable bonds is 6. The topological polar surface area (TPSA) is 108 Å². The van der Waals surface area contributed by atoms with Crippen molar-refractivity contribution in [2.24, 2.45) is 11.8 Å². The molecule has 0 spiro atoms. The van der Waals surface area contributed by atoms with E-state index in [4.69, 9.17) is 16.6 Å². The lowest BCUT2D eigenvalue weighted by molar-refractivity contribution is 0.176. The van der Waals surface area contributed by atoms with Crippen LogP contribution in [0, 0.1) is 25.6 Å². The van der Waals surface area contributed by atoms with Gasteiger partial charge in [0.2, 0.25) is 5.95 Å². The predicted molar refractivity (Wildman–Crippen MR) is 143 cm³/mol. The fourth-order valence-electron chi connectivity index (χ4n) is 5.40. The van der Waals surface area contributed by atoms with Gasteiger partial charge in [0.25, 0.3) is 0 Å². The number of nitrogens with zero attached hydrogens (tertiary/aromatic N) is 4. The quantitative estimate of drug-likeness (QED) is 0.233. The molecule has 1 aromatic heterocycles. The van der Waals surface area contributed by atoms with Crippen LogP contribution in [0.3, 0.4) is 0 Å². The average molecular weight is 489 g/mol. The number of hydrogen-bond acceptors (Lipinski definition) is 8. The maximum atomic E-state index is 14.8. The second-order valence-corrected chi connectivity index (χ2v) is 10.0. The van der Waals surface area contributed by atoms with E-state index in [1.165, 1.54) is 17.2 Å². The molecule has 3 heterocycles. The van der Waals surface area contributed by atoms with Crippen LogP contribution in [0.2, 0.25) is 0 Å². The van der Waals surface area contributed by atoms with E-state index in [9.17, 15) is 4.39 Å². The second kappa shape index (κ2) is 9.40. The largest absolute Gasteiger partial charge is 0.397 e. The van der Waals surface area contributed by atoms with Crippen molar-refractivity contribution >= 4 is 28.7 Å². The molecule has 8 nitrogen and oxygen atoms in total. The van der Waals surface area contributed by atoms with Gasteiger partial charge in [-0.05, 0) is 49.1 Å². The highest BCUT2D eigenvalue weighted by atomic mass is 19.1. The molecule has 2 aliphatic heterocycles. The third-order valence-electron chi connectivity index (χ3n) is 7.19. The molecule has 0 bridgehead atoms. The lowest BCUT2D eigenvalue weighted by Crippen LogP contribution is -2.36. The minimum Gasteiger partial charge on any atom is -0.397 e. The summed E-state index contributed by atoms with van der Waals surface area (Å²) in [6.45, 7) is 13.7. The molecule has 0 aliphatic carbocycles. The average Bonchev–Trinajstić information content (AvgIpc) is 3.42. The van der Waals surface area contributed by atoms with Gasteiger partial charge in [0, 0.05) is 67.0 Å². The number of nitrogen functional groups attached to an aromatic ring is 2. The summed E-state index contributed by atoms with van der Waals surface area (Å²) in [7, 11) is 0. The van der Waals surface area contributed by atoms with Gasteiger partial charge in [-0.2, -0.15) is 0 Å². The highest BCUT2D eigenvalue weighted by Crippen LogP contribution is 2.35. The molecule has 2 atom stereocenters. The van der Waals surface area contributed by atoms with Crippen molar-refractivity contribution in [1.29, 1.82) is 0 Å². The zero-order chi connectivity index (χ0) is 25.6. The molecular formula is C27H33FN8. The summed E-state index contributed by atoms with van der Waals surface area (Å²) in [5.74, 6) is 6.01. The number of aryl methyl sites for hydroxylation is 2. The van der Waals surface area contributed by atoms with Gasteiger partial charge in [0.1, 0.15) is 5.82 Å². The Hall–Kier alpha value is -3.69. The summed E-state index contributed by atoms with van der Waals surface area (Å²) in [6.07, 6.45) is 1.93. The Morgan fingerprint density at radius 1 is 1.11 bits per heavy atom. The molecule has 188 valence electrons. The second-order valence-electron chi connectivity index (χ2n) is 10.0. The van der Waals surface area contributed by atoms with Crippen LogP contribution in [0.15, 0.2) is 43.1 Å². The number of nitrogens with one attached hydrogen (secondary N) is 2. The van der Waals surface area contributed by atoms with Crippen LogP contribution < -0.4 is 22.3 Å². The Morgan fingerprint density at radius 3 is 2.58 bits per heavy atom. The first-order chi connectivity index (χ1) is 17.2. The standard InChI is InChI=1S/C27H33FN8/c1-15-5-16(2)7-20(6-15)32-27-31-10-19-12-36(13-25(19)33-27)26-14-35(11-17(26)3)18(4)21-8-23(29)24(34-30)9-22(21)28/h5-10,17,26,34H,4,11-14,29-30H2,1-3H3,(H,31,32,33). The van der Waals surface area contributed by atoms with Crippen LogP contribution in [-0.4, -0.2) is 38.9 Å². The molecule has 3 aromatic rings. The zero-order valence-electron chi connectivity index (χ0n) is 21.0. The van der Waals surface area contributed by atoms with Gasteiger partial charge in [-0.15, -0.1) is 0 Å². The van der Waals surface area contributed by atoms with Gasteiger partial charge in [0.05, 0.1) is 17.1 Å². The highest BCUT2D eigenvalue weighted by molar-refractivity contribution is 5.74. The van der Waals surface area contributed by atoms with Crippen LogP contribution in [-0.2, 0) is 13.1 Å². The number of likely N-dealkylation sites (tertiary alicyclic amines) is 1. The number of nitrogens with two attached hydrogens (primary N) is 2. The smallest absolute Gasteiger partial charge is 0.227 e. The number of hydrogen-bond donors (Lipinski definition) is 4. The molecule has 1 saturated heterocycles. The van der Waals surface area contributed by atoms with Gasteiger partial charge in [0.15, 0.2) is 0 Å². The molecule has 0 amide bonds. The van der Waals surface area contributed by atoms with Crippen LogP contribution in [0.1, 0.15) is 34.9 Å². The molecule has 0 radical (unpaired) electrons. The summed E-state index contributed by atoms with van der Waals surface area (Å²) in [6, 6.07) is 9.52. The van der Waals surface area contributed by atoms with Crippen molar-refractivity contribution in [1.82, 2.24) is 19.8 Å². The van der Waals surface area contributed by atoms with E-state index in [0.29, 0.717) is 34.5 Å². The van der Waals surface area contributed by atoms with Crippen LogP contribution in [0.4, 0.5) is 27.4 Å². The number of hydrazine groups is 1. The van der Waals surface area contributed by atoms with Crippen LogP contribution in [0.5, 0.6) is 0 Å². The first-order valence-corrected chi connectivity index (χ1v) is 12.2. The summed E-state index contributed by atoms with van der Waals surface area (Å²) in [5, 5.41) is 3.35. The molecule has 0 saturated carbocycles. The molecule has 1 fully saturated rings. The molecule has 36 heavy (non-hydrogen) atoms. The maximum Gasteiger partial charge on any atom is 0.227 e. The molecule has 6 N–H and O–H groups in total. The number of halogens is 1. The zero-order valence-corrected chi connectivity index (χ0v) is 21.0. The Labute approximate surface area is 211 Å². The van der Waals surface area contributed by atoms with Gasteiger partial charge >= 0.3 is 0 Å². The lowest BCUT2D eigenvalue weighted by atomic mass is 10.1. The monoisotopic (exact) mass is 488 g/mol. The van der Waals surface area contributed by atoms with Crippen molar-refractivity contribution in [2.75, 3.05) is 29.6 Å². The summed E-state index contributed by atoms with van der Waals surface area (Å²) in [5.41, 5.74) is 15.8. The van der Waals surface area contributed by atoms with Crippen molar-refractivity contribution in [3.05, 3.63) is 76.9 Å². The summed E-state index contributed by atoms with van der Waals surface area (Å²) < 4.78 is 14.8. The van der Waals surface area contributed by atoms with E-state index in [2.05, 4.69) is 71.1 Å². The highest BCUT2D eigenvalue weighted by Gasteiger charge is 2.38. The van der Waals surface area contributed by atoms with E-state index in [1.807, 2.05) is 6.20 Å². The van der Waals surface area contributed by atoms with Crippen molar-refractivity contribution in [2.45, 2.75) is 39.9 Å². The first-order valence-electron chi connectivity index (χ1n) is 12.2. The lowest BCUT2D eigenvalue weighted by Gasteiger charge is -2.27. The van der Waals surface area contributed by atoms with Crippen molar-refractivity contribution in [3.63, 3.8) is 0 Å². The Morgan fingerprint density at radius 2 is 1.86 bits per heavy atom. The van der Waals surface area contributed by atoms with Gasteiger partial charge in [-0.3, -0.25) is 10.7 Å². The van der Waals surface area contributed by atoms with Crippen LogP contribution in [0.25, 0.3) is 5.70 Å². The van der Waals surface area contributed by atoms with Gasteiger partial charge in [-0.25, -0.2) is 14.4 Å².